The van der Waals surface area contributed by atoms with Crippen molar-refractivity contribution in [2.45, 2.75) is 12.6 Å². The van der Waals surface area contributed by atoms with Crippen LogP contribution in [0.25, 0.3) is 0 Å². The zero-order chi connectivity index (χ0) is 6.15. The van der Waals surface area contributed by atoms with E-state index in [0.29, 0.717) is 0 Å². The van der Waals surface area contributed by atoms with Crippen molar-refractivity contribution >= 4 is 11.8 Å². The lowest BCUT2D eigenvalue weighted by molar-refractivity contribution is 0.244. The van der Waals surface area contributed by atoms with Crippen LogP contribution in [0.3, 0.4) is 0 Å². The van der Waals surface area contributed by atoms with Crippen molar-refractivity contribution in [3.8, 4) is 0 Å². The van der Waals surface area contributed by atoms with Gasteiger partial charge < -0.3 is 4.90 Å². The average Bonchev–Trinajstić information content (AvgIpc) is 1.98. The predicted octanol–water partition coefficient (Wildman–Crippen LogP) is 1.78. The molecule has 0 saturated carbocycles. The quantitative estimate of drug-likeness (QED) is 0.463. The number of rotatable bonds is 0. The first-order valence-corrected chi connectivity index (χ1v) is 3.35. The van der Waals surface area contributed by atoms with Crippen molar-refractivity contribution in [3.63, 3.8) is 0 Å². The van der Waals surface area contributed by atoms with Crippen LogP contribution in [0.4, 0.5) is 4.39 Å². The fraction of sp³-hybridized carbons (Fsp3) is 0.600. The summed E-state index contributed by atoms with van der Waals surface area (Å²) in [6.45, 7) is 1.90. The highest BCUT2D eigenvalue weighted by molar-refractivity contribution is 8.02. The minimum atomic E-state index is -0.852. The Bertz CT molecular complexity index is 124. The third-order valence-electron chi connectivity index (χ3n) is 1.21. The largest absolute Gasteiger partial charge is 0.340 e. The van der Waals surface area contributed by atoms with Gasteiger partial charge in [-0.1, -0.05) is 11.8 Å². The molecule has 0 bridgehead atoms. The Morgan fingerprint density at radius 2 is 2.50 bits per heavy atom. The molecule has 1 aliphatic rings. The van der Waals surface area contributed by atoms with Gasteiger partial charge in [0.25, 0.3) is 0 Å². The van der Waals surface area contributed by atoms with Crippen LogP contribution in [0.2, 0.25) is 0 Å². The zero-order valence-electron chi connectivity index (χ0n) is 4.89. The summed E-state index contributed by atoms with van der Waals surface area (Å²) in [7, 11) is 1.75. The number of thioether (sulfide) groups is 1. The monoisotopic (exact) mass is 133 g/mol. The van der Waals surface area contributed by atoms with Gasteiger partial charge >= 0.3 is 0 Å². The summed E-state index contributed by atoms with van der Waals surface area (Å²) < 4.78 is 12.4. The fourth-order valence-electron chi connectivity index (χ4n) is 0.489. The van der Waals surface area contributed by atoms with Gasteiger partial charge in [-0.05, 0) is 12.3 Å². The third kappa shape index (κ3) is 0.823. The smallest absolute Gasteiger partial charge is 0.223 e. The Kier molecular flexibility index (Phi) is 1.47. The number of halogens is 1. The van der Waals surface area contributed by atoms with Crippen LogP contribution in [-0.2, 0) is 0 Å². The van der Waals surface area contributed by atoms with Crippen LogP contribution in [0, 0.1) is 0 Å². The van der Waals surface area contributed by atoms with Crippen LogP contribution < -0.4 is 0 Å². The molecule has 3 heteroatoms. The van der Waals surface area contributed by atoms with Crippen LogP contribution >= 0.6 is 11.8 Å². The Balaban J connectivity index is 2.59. The summed E-state index contributed by atoms with van der Waals surface area (Å²) in [5.41, 5.74) is 0.150. The lowest BCUT2D eigenvalue weighted by atomic mass is 10.5. The molecular weight excluding hydrogens is 125 g/mol. The topological polar surface area (TPSA) is 3.24 Å². The maximum atomic E-state index is 12.4. The van der Waals surface area contributed by atoms with E-state index in [0.717, 1.165) is 5.70 Å². The van der Waals surface area contributed by atoms with E-state index in [9.17, 15) is 4.39 Å². The van der Waals surface area contributed by atoms with Crippen LogP contribution in [0.5, 0.6) is 0 Å². The lowest BCUT2D eigenvalue weighted by Crippen LogP contribution is -2.17. The van der Waals surface area contributed by atoms with Gasteiger partial charge in [0.15, 0.2) is 0 Å². The fourth-order valence-corrected chi connectivity index (χ4v) is 1.31. The molecule has 0 aliphatic carbocycles. The second kappa shape index (κ2) is 1.97. The van der Waals surface area contributed by atoms with Crippen molar-refractivity contribution in [1.29, 1.82) is 0 Å². The van der Waals surface area contributed by atoms with Gasteiger partial charge in [0.2, 0.25) is 5.63 Å². The number of nitrogens with zero attached hydrogens (tertiary/aromatic N) is 1. The van der Waals surface area contributed by atoms with Gasteiger partial charge in [-0.2, -0.15) is 0 Å². The molecule has 0 spiro atoms. The van der Waals surface area contributed by atoms with E-state index in [-0.39, 0.29) is 0 Å². The Morgan fingerprint density at radius 3 is 2.62 bits per heavy atom. The Morgan fingerprint density at radius 1 is 1.88 bits per heavy atom. The van der Waals surface area contributed by atoms with Crippen molar-refractivity contribution in [2.75, 3.05) is 7.05 Å². The van der Waals surface area contributed by atoms with Crippen LogP contribution in [0.1, 0.15) is 6.92 Å². The molecular formula is C5H8FNS. The molecule has 1 rings (SSSR count). The zero-order valence-corrected chi connectivity index (χ0v) is 5.70. The molecule has 0 amide bonds. The molecule has 0 radical (unpaired) electrons. The molecule has 0 aromatic rings. The highest BCUT2D eigenvalue weighted by Crippen LogP contribution is 2.28. The Labute approximate surface area is 52.6 Å². The first-order chi connectivity index (χ1) is 3.72. The van der Waals surface area contributed by atoms with Gasteiger partial charge in [0.05, 0.1) is 0 Å². The minimum Gasteiger partial charge on any atom is -0.340 e. The molecule has 46 valence electrons. The molecule has 0 fully saturated rings. The second-order valence-corrected chi connectivity index (χ2v) is 2.70. The van der Waals surface area contributed by atoms with E-state index in [1.165, 1.54) is 11.8 Å². The third-order valence-corrected chi connectivity index (χ3v) is 2.23. The molecule has 0 aromatic carbocycles. The van der Waals surface area contributed by atoms with Crippen molar-refractivity contribution in [3.05, 3.63) is 11.1 Å². The molecule has 0 aromatic heterocycles. The molecule has 1 unspecified atom stereocenters. The molecule has 1 aliphatic heterocycles. The lowest BCUT2D eigenvalue weighted by Gasteiger charge is -2.14. The van der Waals surface area contributed by atoms with E-state index < -0.39 is 5.63 Å². The van der Waals surface area contributed by atoms with Gasteiger partial charge in [-0.25, -0.2) is 4.39 Å². The summed E-state index contributed by atoms with van der Waals surface area (Å²) in [6, 6.07) is 0. The normalized spacial score (nSPS) is 28.6. The molecule has 1 nitrogen and oxygen atoms in total. The first-order valence-electron chi connectivity index (χ1n) is 2.41. The minimum absolute atomic E-state index is 0.852. The van der Waals surface area contributed by atoms with E-state index in [1.807, 2.05) is 12.3 Å². The number of allylic oxidation sites excluding steroid dienone is 1. The maximum absolute atomic E-state index is 12.4. The summed E-state index contributed by atoms with van der Waals surface area (Å²) in [4.78, 5) is 1.60. The molecule has 8 heavy (non-hydrogen) atoms. The summed E-state index contributed by atoms with van der Waals surface area (Å²) in [5, 5.41) is 1.82. The summed E-state index contributed by atoms with van der Waals surface area (Å²) in [6.07, 6.45) is 0. The van der Waals surface area contributed by atoms with E-state index in [4.69, 9.17) is 0 Å². The average molecular weight is 133 g/mol. The highest BCUT2D eigenvalue weighted by Gasteiger charge is 2.18. The van der Waals surface area contributed by atoms with Crippen LogP contribution in [0.15, 0.2) is 11.1 Å². The standard InChI is InChI=1S/C5H8FNS/c1-4-3-8-5(6)7(4)2/h3,5H,1-2H3. The molecule has 0 saturated heterocycles. The van der Waals surface area contributed by atoms with E-state index >= 15 is 0 Å². The van der Waals surface area contributed by atoms with E-state index in [2.05, 4.69) is 0 Å². The van der Waals surface area contributed by atoms with Crippen LogP contribution in [-0.4, -0.2) is 17.6 Å². The van der Waals surface area contributed by atoms with Gasteiger partial charge in [-0.15, -0.1) is 0 Å². The maximum Gasteiger partial charge on any atom is 0.223 e. The van der Waals surface area contributed by atoms with Gasteiger partial charge in [0.1, 0.15) is 0 Å². The SMILES string of the molecule is CC1=CSC(F)N1C. The number of alkyl halides is 1. The number of hydrogen-bond acceptors (Lipinski definition) is 2. The second-order valence-electron chi connectivity index (χ2n) is 1.80. The first kappa shape index (κ1) is 5.95. The van der Waals surface area contributed by atoms with E-state index in [1.54, 1.807) is 11.9 Å². The van der Waals surface area contributed by atoms with Crippen molar-refractivity contribution in [2.24, 2.45) is 0 Å². The number of hydrogen-bond donors (Lipinski definition) is 0. The highest BCUT2D eigenvalue weighted by atomic mass is 32.2. The molecule has 1 heterocycles. The predicted molar refractivity (Wildman–Crippen MR) is 34.0 cm³/mol. The summed E-state index contributed by atoms with van der Waals surface area (Å²) in [5.74, 6) is 0. The molecule has 1 atom stereocenters. The van der Waals surface area contributed by atoms with Gasteiger partial charge in [-0.3, -0.25) is 0 Å². The molecule has 0 N–H and O–H groups in total. The van der Waals surface area contributed by atoms with Crippen molar-refractivity contribution in [1.82, 2.24) is 4.90 Å². The van der Waals surface area contributed by atoms with Crippen molar-refractivity contribution < 1.29 is 4.39 Å². The summed E-state index contributed by atoms with van der Waals surface area (Å²) >= 11 is 1.21. The Hall–Kier alpha value is -0.180. The van der Waals surface area contributed by atoms with Gasteiger partial charge in [0, 0.05) is 12.7 Å².